The number of ether oxygens (including phenoxy) is 1. The van der Waals surface area contributed by atoms with E-state index in [0.29, 0.717) is 30.9 Å². The van der Waals surface area contributed by atoms with Crippen LogP contribution in [0.15, 0.2) is 24.3 Å². The van der Waals surface area contributed by atoms with E-state index in [9.17, 15) is 9.59 Å². The Morgan fingerprint density at radius 1 is 1.35 bits per heavy atom. The molecule has 1 amide bonds. The fraction of sp³-hybridized carbons (Fsp3) is 0.467. The number of nitrogens with one attached hydrogen (secondary N) is 1. The van der Waals surface area contributed by atoms with Crippen LogP contribution in [0, 0.1) is 0 Å². The second-order valence-electron chi connectivity index (χ2n) is 5.53. The minimum atomic E-state index is -1.04. The van der Waals surface area contributed by atoms with Crippen molar-refractivity contribution in [1.29, 1.82) is 0 Å². The van der Waals surface area contributed by atoms with Gasteiger partial charge < -0.3 is 15.2 Å². The van der Waals surface area contributed by atoms with Crippen LogP contribution in [0.4, 0.5) is 0 Å². The van der Waals surface area contributed by atoms with Gasteiger partial charge in [-0.2, -0.15) is 0 Å². The largest absolute Gasteiger partial charge is 0.480 e. The zero-order chi connectivity index (χ0) is 14.2. The van der Waals surface area contributed by atoms with Gasteiger partial charge >= 0.3 is 5.97 Å². The monoisotopic (exact) mass is 275 g/mol. The predicted octanol–water partition coefficient (Wildman–Crippen LogP) is 1.54. The normalized spacial score (nSPS) is 23.3. The molecule has 1 saturated carbocycles. The van der Waals surface area contributed by atoms with Crippen molar-refractivity contribution in [3.8, 4) is 0 Å². The van der Waals surface area contributed by atoms with Gasteiger partial charge in [0.1, 0.15) is 5.54 Å². The van der Waals surface area contributed by atoms with Crippen molar-refractivity contribution in [3.05, 3.63) is 35.4 Å². The number of benzene rings is 1. The first-order valence-corrected chi connectivity index (χ1v) is 6.84. The Morgan fingerprint density at radius 2 is 2.15 bits per heavy atom. The molecule has 1 aliphatic carbocycles. The Morgan fingerprint density at radius 3 is 2.75 bits per heavy atom. The summed E-state index contributed by atoms with van der Waals surface area (Å²) < 4.78 is 5.36. The highest BCUT2D eigenvalue weighted by atomic mass is 16.5. The van der Waals surface area contributed by atoms with E-state index in [-0.39, 0.29) is 5.91 Å². The summed E-state index contributed by atoms with van der Waals surface area (Å²) in [7, 11) is 0. The van der Waals surface area contributed by atoms with E-state index in [1.807, 2.05) is 18.2 Å². The van der Waals surface area contributed by atoms with E-state index in [4.69, 9.17) is 9.84 Å². The summed E-state index contributed by atoms with van der Waals surface area (Å²) in [5.41, 5.74) is 0.557. The number of amides is 1. The molecule has 1 aromatic rings. The maximum Gasteiger partial charge on any atom is 0.329 e. The zero-order valence-electron chi connectivity index (χ0n) is 11.1. The molecule has 2 fully saturated rings. The van der Waals surface area contributed by atoms with Crippen molar-refractivity contribution in [3.63, 3.8) is 0 Å². The highest BCUT2D eigenvalue weighted by Gasteiger charge is 2.51. The SMILES string of the molecule is O=C(NC1(C(=O)O)CC1)c1cccc(C2CCOC2)c1. The molecule has 1 saturated heterocycles. The Kier molecular flexibility index (Phi) is 3.22. The van der Waals surface area contributed by atoms with Crippen LogP contribution >= 0.6 is 0 Å². The van der Waals surface area contributed by atoms with Gasteiger partial charge in [-0.25, -0.2) is 4.79 Å². The molecule has 1 aromatic carbocycles. The number of carboxylic acids is 1. The molecule has 0 spiro atoms. The minimum absolute atomic E-state index is 0.314. The molecule has 3 rings (SSSR count). The molecular weight excluding hydrogens is 258 g/mol. The number of carbonyl (C=O) groups excluding carboxylic acids is 1. The smallest absolute Gasteiger partial charge is 0.329 e. The molecular formula is C15H17NO4. The number of carbonyl (C=O) groups is 2. The second kappa shape index (κ2) is 4.90. The summed E-state index contributed by atoms with van der Waals surface area (Å²) >= 11 is 0. The standard InChI is InChI=1S/C15H17NO4/c17-13(16-15(5-6-15)14(18)19)11-3-1-2-10(8-11)12-4-7-20-9-12/h1-3,8,12H,4-7,9H2,(H,16,17)(H,18,19). The molecule has 1 aliphatic heterocycles. The van der Waals surface area contributed by atoms with Crippen LogP contribution in [-0.4, -0.2) is 35.7 Å². The van der Waals surface area contributed by atoms with E-state index < -0.39 is 11.5 Å². The highest BCUT2D eigenvalue weighted by molar-refractivity contribution is 5.99. The van der Waals surface area contributed by atoms with Gasteiger partial charge in [-0.05, 0) is 37.0 Å². The molecule has 20 heavy (non-hydrogen) atoms. The first-order chi connectivity index (χ1) is 9.61. The number of hydrogen-bond acceptors (Lipinski definition) is 3. The van der Waals surface area contributed by atoms with Gasteiger partial charge in [0.25, 0.3) is 5.91 Å². The van der Waals surface area contributed by atoms with Crippen LogP contribution in [0.1, 0.15) is 41.1 Å². The molecule has 0 bridgehead atoms. The fourth-order valence-corrected chi connectivity index (χ4v) is 2.54. The Balaban J connectivity index is 1.75. The molecule has 5 heteroatoms. The third kappa shape index (κ3) is 2.41. The van der Waals surface area contributed by atoms with Gasteiger partial charge in [-0.1, -0.05) is 12.1 Å². The summed E-state index contributed by atoms with van der Waals surface area (Å²) in [4.78, 5) is 23.3. The van der Waals surface area contributed by atoms with Crippen molar-refractivity contribution in [2.24, 2.45) is 0 Å². The quantitative estimate of drug-likeness (QED) is 0.874. The summed E-state index contributed by atoms with van der Waals surface area (Å²) in [6.45, 7) is 1.44. The van der Waals surface area contributed by atoms with Crippen LogP contribution in [-0.2, 0) is 9.53 Å². The van der Waals surface area contributed by atoms with Crippen molar-refractivity contribution in [1.82, 2.24) is 5.32 Å². The third-order valence-corrected chi connectivity index (χ3v) is 4.06. The molecule has 5 nitrogen and oxygen atoms in total. The highest BCUT2D eigenvalue weighted by Crippen LogP contribution is 2.36. The van der Waals surface area contributed by atoms with E-state index in [1.165, 1.54) is 0 Å². The number of carboxylic acid groups (broad SMARTS) is 1. The lowest BCUT2D eigenvalue weighted by molar-refractivity contribution is -0.140. The van der Waals surface area contributed by atoms with E-state index in [2.05, 4.69) is 5.32 Å². The van der Waals surface area contributed by atoms with Crippen molar-refractivity contribution < 1.29 is 19.4 Å². The zero-order valence-corrected chi connectivity index (χ0v) is 11.1. The summed E-state index contributed by atoms with van der Waals surface area (Å²) in [5, 5.41) is 11.7. The fourth-order valence-electron chi connectivity index (χ4n) is 2.54. The molecule has 1 atom stereocenters. The summed E-state index contributed by atoms with van der Waals surface area (Å²) in [5.74, 6) is -0.936. The van der Waals surface area contributed by atoms with Crippen LogP contribution in [0.5, 0.6) is 0 Å². The van der Waals surface area contributed by atoms with E-state index >= 15 is 0 Å². The Bertz CT molecular complexity index is 545. The van der Waals surface area contributed by atoms with Gasteiger partial charge in [0, 0.05) is 18.1 Å². The average molecular weight is 275 g/mol. The lowest BCUT2D eigenvalue weighted by Gasteiger charge is -2.14. The maximum absolute atomic E-state index is 12.2. The van der Waals surface area contributed by atoms with Crippen LogP contribution in [0.2, 0.25) is 0 Å². The van der Waals surface area contributed by atoms with Gasteiger partial charge in [-0.3, -0.25) is 4.79 Å². The third-order valence-electron chi connectivity index (χ3n) is 4.06. The van der Waals surface area contributed by atoms with Crippen LogP contribution < -0.4 is 5.32 Å². The molecule has 1 heterocycles. The lowest BCUT2D eigenvalue weighted by Crippen LogP contribution is -2.43. The first kappa shape index (κ1) is 13.1. The summed E-state index contributed by atoms with van der Waals surface area (Å²) in [6.07, 6.45) is 1.97. The summed E-state index contributed by atoms with van der Waals surface area (Å²) in [6, 6.07) is 7.38. The van der Waals surface area contributed by atoms with Crippen LogP contribution in [0.3, 0.4) is 0 Å². The predicted molar refractivity (Wildman–Crippen MR) is 71.7 cm³/mol. The Hall–Kier alpha value is -1.88. The topological polar surface area (TPSA) is 75.6 Å². The molecule has 0 aromatic heterocycles. The van der Waals surface area contributed by atoms with E-state index in [1.54, 1.807) is 6.07 Å². The van der Waals surface area contributed by atoms with Crippen molar-refractivity contribution in [2.45, 2.75) is 30.7 Å². The van der Waals surface area contributed by atoms with E-state index in [0.717, 1.165) is 18.6 Å². The van der Waals surface area contributed by atoms with Crippen molar-refractivity contribution in [2.75, 3.05) is 13.2 Å². The number of aliphatic carboxylic acids is 1. The molecule has 1 unspecified atom stereocenters. The van der Waals surface area contributed by atoms with Crippen LogP contribution in [0.25, 0.3) is 0 Å². The van der Waals surface area contributed by atoms with Gasteiger partial charge in [-0.15, -0.1) is 0 Å². The molecule has 2 aliphatic rings. The number of hydrogen-bond donors (Lipinski definition) is 2. The van der Waals surface area contributed by atoms with Gasteiger partial charge in [0.15, 0.2) is 0 Å². The first-order valence-electron chi connectivity index (χ1n) is 6.84. The van der Waals surface area contributed by atoms with Gasteiger partial charge in [0.05, 0.1) is 6.61 Å². The van der Waals surface area contributed by atoms with Gasteiger partial charge in [0.2, 0.25) is 0 Å². The Labute approximate surface area is 116 Å². The molecule has 2 N–H and O–H groups in total. The molecule has 0 radical (unpaired) electrons. The lowest BCUT2D eigenvalue weighted by atomic mass is 9.96. The second-order valence-corrected chi connectivity index (χ2v) is 5.53. The average Bonchev–Trinajstić information content (AvgIpc) is 3.03. The minimum Gasteiger partial charge on any atom is -0.480 e. The maximum atomic E-state index is 12.2. The van der Waals surface area contributed by atoms with Crippen molar-refractivity contribution >= 4 is 11.9 Å². The number of rotatable bonds is 4. The molecule has 106 valence electrons.